The van der Waals surface area contributed by atoms with Gasteiger partial charge in [0, 0.05) is 30.9 Å². The van der Waals surface area contributed by atoms with Crippen LogP contribution < -0.4 is 19.8 Å². The first-order valence-electron chi connectivity index (χ1n) is 12.5. The molecule has 0 amide bonds. The van der Waals surface area contributed by atoms with Crippen LogP contribution in [0, 0.1) is 19.7 Å². The van der Waals surface area contributed by atoms with Gasteiger partial charge in [-0.1, -0.05) is 12.1 Å². The monoisotopic (exact) mass is 539 g/mol. The summed E-state index contributed by atoms with van der Waals surface area (Å²) in [5, 5.41) is 0. The number of hydrogen-bond donors (Lipinski definition) is 0. The lowest BCUT2D eigenvalue weighted by Crippen LogP contribution is -2.27. The van der Waals surface area contributed by atoms with Crippen LogP contribution in [0.2, 0.25) is 0 Å². The van der Waals surface area contributed by atoms with E-state index in [1.807, 2.05) is 0 Å². The first-order chi connectivity index (χ1) is 19.3. The molecule has 0 radical (unpaired) electrons. The maximum absolute atomic E-state index is 13.6. The van der Waals surface area contributed by atoms with E-state index in [2.05, 4.69) is 9.97 Å². The largest absolute Gasteiger partial charge is 0.491 e. The van der Waals surface area contributed by atoms with Gasteiger partial charge in [0.1, 0.15) is 17.1 Å². The summed E-state index contributed by atoms with van der Waals surface area (Å²) in [4.78, 5) is 35.4. The molecule has 40 heavy (non-hydrogen) atoms. The molecule has 5 rings (SSSR count). The van der Waals surface area contributed by atoms with E-state index in [1.165, 1.54) is 37.0 Å². The third-order valence-electron chi connectivity index (χ3n) is 6.53. The smallest absolute Gasteiger partial charge is 0.266 e. The summed E-state index contributed by atoms with van der Waals surface area (Å²) in [6.45, 7) is 3.44. The maximum Gasteiger partial charge on any atom is 0.266 e. The molecular weight excluding hydrogens is 513 g/mol. The number of ether oxygens (including phenoxy) is 3. The van der Waals surface area contributed by atoms with Crippen molar-refractivity contribution in [2.75, 3.05) is 14.2 Å². The van der Waals surface area contributed by atoms with Crippen LogP contribution >= 0.6 is 0 Å². The molecule has 0 aliphatic carbocycles. The molecular formula is C31H26FN3O5. The summed E-state index contributed by atoms with van der Waals surface area (Å²) >= 11 is 0. The van der Waals surface area contributed by atoms with E-state index >= 15 is 0 Å². The highest BCUT2D eigenvalue weighted by Gasteiger charge is 2.18. The second kappa shape index (κ2) is 11.0. The van der Waals surface area contributed by atoms with Crippen molar-refractivity contribution in [1.82, 2.24) is 14.5 Å². The van der Waals surface area contributed by atoms with E-state index in [0.717, 1.165) is 0 Å². The van der Waals surface area contributed by atoms with Crippen molar-refractivity contribution in [2.45, 2.75) is 20.3 Å². The molecule has 0 atom stereocenters. The molecule has 0 spiro atoms. The molecule has 0 fully saturated rings. The van der Waals surface area contributed by atoms with Gasteiger partial charge in [0.15, 0.2) is 17.3 Å². The zero-order valence-corrected chi connectivity index (χ0v) is 22.4. The Hall–Kier alpha value is -5.05. The number of Topliss-reactive ketones (excluding diaryl/α,β-unsaturated/α-hetero) is 1. The molecule has 0 bridgehead atoms. The van der Waals surface area contributed by atoms with Gasteiger partial charge in [-0.2, -0.15) is 0 Å². The molecule has 0 aliphatic heterocycles. The molecule has 0 N–H and O–H groups in total. The summed E-state index contributed by atoms with van der Waals surface area (Å²) in [5.41, 5.74) is 3.16. The number of nitrogens with zero attached hydrogens (tertiary/aromatic N) is 3. The highest BCUT2D eigenvalue weighted by atomic mass is 19.1. The van der Waals surface area contributed by atoms with Gasteiger partial charge in [0.25, 0.3) is 11.4 Å². The standard InChI is InChI=1S/C31H26FN3O5/c1-18-12-14-35(24-10-7-21(32)15-19(24)2)31(37)28(18)25(36)16-20-5-8-22(9-6-20)40-26-11-13-33-23-17-27(38-3)30(39-4)34-29(23)26/h5-15,17H,16H2,1-4H3. The Balaban J connectivity index is 1.38. The van der Waals surface area contributed by atoms with Crippen molar-refractivity contribution < 1.29 is 23.4 Å². The van der Waals surface area contributed by atoms with Crippen LogP contribution in [0.25, 0.3) is 16.7 Å². The third kappa shape index (κ3) is 5.13. The minimum atomic E-state index is -0.441. The Morgan fingerprint density at radius 1 is 0.925 bits per heavy atom. The number of carbonyl (C=O) groups excluding carboxylic acids is 1. The van der Waals surface area contributed by atoms with Crippen LogP contribution in [0.1, 0.15) is 27.0 Å². The Kier molecular flexibility index (Phi) is 7.29. The van der Waals surface area contributed by atoms with Crippen molar-refractivity contribution in [3.8, 4) is 28.8 Å². The van der Waals surface area contributed by atoms with Crippen LogP contribution in [0.15, 0.2) is 77.9 Å². The number of benzene rings is 2. The van der Waals surface area contributed by atoms with Crippen LogP contribution in [-0.2, 0) is 6.42 Å². The van der Waals surface area contributed by atoms with Crippen molar-refractivity contribution in [1.29, 1.82) is 0 Å². The Morgan fingerprint density at radius 3 is 2.40 bits per heavy atom. The lowest BCUT2D eigenvalue weighted by atomic mass is 10.0. The molecule has 0 saturated carbocycles. The summed E-state index contributed by atoms with van der Waals surface area (Å²) in [6, 6.07) is 16.3. The highest BCUT2D eigenvalue weighted by Crippen LogP contribution is 2.34. The summed E-state index contributed by atoms with van der Waals surface area (Å²) in [6.07, 6.45) is 3.24. The average molecular weight is 540 g/mol. The second-order valence-electron chi connectivity index (χ2n) is 9.20. The molecule has 2 aromatic carbocycles. The van der Waals surface area contributed by atoms with Gasteiger partial charge < -0.3 is 14.2 Å². The van der Waals surface area contributed by atoms with Crippen molar-refractivity contribution in [3.05, 3.63) is 111 Å². The summed E-state index contributed by atoms with van der Waals surface area (Å²) < 4.78 is 31.6. The number of fused-ring (bicyclic) bond motifs is 1. The maximum atomic E-state index is 13.6. The number of methoxy groups -OCH3 is 2. The predicted molar refractivity (Wildman–Crippen MR) is 149 cm³/mol. The molecule has 202 valence electrons. The fourth-order valence-electron chi connectivity index (χ4n) is 4.51. The molecule has 0 aliphatic rings. The number of pyridine rings is 3. The number of ketones is 1. The minimum Gasteiger partial charge on any atom is -0.491 e. The van der Waals surface area contributed by atoms with Gasteiger partial charge >= 0.3 is 0 Å². The number of aryl methyl sites for hydroxylation is 2. The number of aromatic nitrogens is 3. The fraction of sp³-hybridized carbons (Fsp3) is 0.161. The normalized spacial score (nSPS) is 10.9. The minimum absolute atomic E-state index is 0.0273. The quantitative estimate of drug-likeness (QED) is 0.231. The summed E-state index contributed by atoms with van der Waals surface area (Å²) in [5.74, 6) is 1.08. The van der Waals surface area contributed by atoms with E-state index < -0.39 is 11.4 Å². The van der Waals surface area contributed by atoms with Gasteiger partial charge in [-0.05, 0) is 66.9 Å². The van der Waals surface area contributed by atoms with Gasteiger partial charge in [0.05, 0.1) is 31.0 Å². The van der Waals surface area contributed by atoms with Gasteiger partial charge in [-0.3, -0.25) is 19.1 Å². The SMILES string of the molecule is COc1cc2nccc(Oc3ccc(CC(=O)c4c(C)ccn(-c5ccc(F)cc5C)c4=O)cc3)c2nc1OC. The highest BCUT2D eigenvalue weighted by molar-refractivity contribution is 5.98. The van der Waals surface area contributed by atoms with E-state index in [0.29, 0.717) is 56.5 Å². The van der Waals surface area contributed by atoms with Crippen LogP contribution in [0.3, 0.4) is 0 Å². The number of carbonyl (C=O) groups is 1. The van der Waals surface area contributed by atoms with E-state index in [-0.39, 0.29) is 17.8 Å². The van der Waals surface area contributed by atoms with Crippen molar-refractivity contribution >= 4 is 16.8 Å². The lowest BCUT2D eigenvalue weighted by Gasteiger charge is -2.13. The number of halogens is 1. The first kappa shape index (κ1) is 26.6. The molecule has 8 nitrogen and oxygen atoms in total. The molecule has 9 heteroatoms. The van der Waals surface area contributed by atoms with E-state index in [9.17, 15) is 14.0 Å². The number of hydrogen-bond acceptors (Lipinski definition) is 7. The molecule has 0 unspecified atom stereocenters. The Labute approximate surface area is 229 Å². The average Bonchev–Trinajstić information content (AvgIpc) is 2.94. The van der Waals surface area contributed by atoms with E-state index in [1.54, 1.807) is 68.7 Å². The van der Waals surface area contributed by atoms with Gasteiger partial charge in [-0.15, -0.1) is 0 Å². The van der Waals surface area contributed by atoms with Crippen LogP contribution in [0.5, 0.6) is 23.1 Å². The zero-order chi connectivity index (χ0) is 28.4. The molecule has 5 aromatic rings. The zero-order valence-electron chi connectivity index (χ0n) is 22.4. The second-order valence-corrected chi connectivity index (χ2v) is 9.20. The summed E-state index contributed by atoms with van der Waals surface area (Å²) in [7, 11) is 3.03. The number of rotatable bonds is 8. The van der Waals surface area contributed by atoms with Crippen LogP contribution in [-0.4, -0.2) is 34.5 Å². The first-order valence-corrected chi connectivity index (χ1v) is 12.5. The Morgan fingerprint density at radius 2 is 1.70 bits per heavy atom. The molecule has 0 saturated heterocycles. The van der Waals surface area contributed by atoms with Crippen LogP contribution in [0.4, 0.5) is 4.39 Å². The fourth-order valence-corrected chi connectivity index (χ4v) is 4.51. The topological polar surface area (TPSA) is 92.5 Å². The lowest BCUT2D eigenvalue weighted by molar-refractivity contribution is 0.0990. The van der Waals surface area contributed by atoms with Crippen molar-refractivity contribution in [3.63, 3.8) is 0 Å². The van der Waals surface area contributed by atoms with E-state index in [4.69, 9.17) is 14.2 Å². The van der Waals surface area contributed by atoms with Crippen molar-refractivity contribution in [2.24, 2.45) is 0 Å². The third-order valence-corrected chi connectivity index (χ3v) is 6.53. The van der Waals surface area contributed by atoms with Gasteiger partial charge in [0.2, 0.25) is 0 Å². The molecule has 3 aromatic heterocycles. The van der Waals surface area contributed by atoms with Gasteiger partial charge in [-0.25, -0.2) is 9.37 Å². The molecule has 3 heterocycles. The Bertz CT molecular complexity index is 1800. The predicted octanol–water partition coefficient (Wildman–Crippen LogP) is 5.77.